The number of nitrogens with two attached hydrogens (primary N) is 1. The standard InChI is InChI=1S/C20H28N4O7/c1-11(2)17(20(31)22-10-16(27)28)24-19(30)14(8-12-6-4-3-5-7-12)23-18(29)13(21)9-15(25)26/h3-7,11,13-14,17H,8-10,21H2,1-2H3,(H,22,31)(H,23,29)(H,24,30)(H,25,26)(H,27,28). The monoisotopic (exact) mass is 436 g/mol. The van der Waals surface area contributed by atoms with E-state index in [1.807, 2.05) is 0 Å². The van der Waals surface area contributed by atoms with E-state index >= 15 is 0 Å². The lowest BCUT2D eigenvalue weighted by Gasteiger charge is -2.26. The third-order valence-corrected chi connectivity index (χ3v) is 4.31. The number of carboxylic acid groups (broad SMARTS) is 2. The van der Waals surface area contributed by atoms with Gasteiger partial charge in [0.25, 0.3) is 0 Å². The van der Waals surface area contributed by atoms with Gasteiger partial charge < -0.3 is 31.9 Å². The molecular formula is C20H28N4O7. The summed E-state index contributed by atoms with van der Waals surface area (Å²) in [4.78, 5) is 59.0. The van der Waals surface area contributed by atoms with Crippen LogP contribution in [0.25, 0.3) is 0 Å². The lowest BCUT2D eigenvalue weighted by molar-refractivity contribution is -0.140. The Morgan fingerprint density at radius 1 is 0.903 bits per heavy atom. The molecule has 0 saturated heterocycles. The number of carbonyl (C=O) groups excluding carboxylic acids is 3. The zero-order valence-corrected chi connectivity index (χ0v) is 17.3. The van der Waals surface area contributed by atoms with Crippen LogP contribution in [-0.4, -0.2) is 64.5 Å². The average molecular weight is 436 g/mol. The number of benzene rings is 1. The van der Waals surface area contributed by atoms with Crippen molar-refractivity contribution < 1.29 is 34.2 Å². The highest BCUT2D eigenvalue weighted by atomic mass is 16.4. The molecule has 0 bridgehead atoms. The molecule has 1 aromatic rings. The maximum Gasteiger partial charge on any atom is 0.322 e. The number of hydrogen-bond acceptors (Lipinski definition) is 6. The van der Waals surface area contributed by atoms with Crippen molar-refractivity contribution in [1.29, 1.82) is 0 Å². The Bertz CT molecular complexity index is 798. The first kappa shape index (κ1) is 25.6. The Kier molecular flexibility index (Phi) is 10.1. The summed E-state index contributed by atoms with van der Waals surface area (Å²) in [6, 6.07) is 5.21. The number of amides is 3. The summed E-state index contributed by atoms with van der Waals surface area (Å²) in [5, 5.41) is 24.7. The third-order valence-electron chi connectivity index (χ3n) is 4.31. The molecule has 11 nitrogen and oxygen atoms in total. The summed E-state index contributed by atoms with van der Waals surface area (Å²) in [6.45, 7) is 2.73. The molecule has 3 atom stereocenters. The predicted molar refractivity (Wildman–Crippen MR) is 110 cm³/mol. The number of carboxylic acids is 2. The minimum atomic E-state index is -1.36. The fourth-order valence-electron chi connectivity index (χ4n) is 2.68. The van der Waals surface area contributed by atoms with Gasteiger partial charge in [-0.2, -0.15) is 0 Å². The molecule has 11 heteroatoms. The molecule has 1 aromatic carbocycles. The lowest BCUT2D eigenvalue weighted by Crippen LogP contribution is -2.58. The number of rotatable bonds is 12. The Balaban J connectivity index is 2.99. The molecule has 0 aliphatic rings. The summed E-state index contributed by atoms with van der Waals surface area (Å²) in [6.07, 6.45) is -0.544. The van der Waals surface area contributed by atoms with Gasteiger partial charge in [-0.05, 0) is 11.5 Å². The average Bonchev–Trinajstić information content (AvgIpc) is 2.69. The third kappa shape index (κ3) is 9.26. The van der Waals surface area contributed by atoms with Gasteiger partial charge in [0.2, 0.25) is 17.7 Å². The summed E-state index contributed by atoms with van der Waals surface area (Å²) in [5.41, 5.74) is 6.30. The van der Waals surface area contributed by atoms with Gasteiger partial charge in [-0.15, -0.1) is 0 Å². The molecule has 0 fully saturated rings. The number of carbonyl (C=O) groups is 5. The van der Waals surface area contributed by atoms with Crippen LogP contribution in [0.1, 0.15) is 25.8 Å². The van der Waals surface area contributed by atoms with Crippen LogP contribution < -0.4 is 21.7 Å². The largest absolute Gasteiger partial charge is 0.481 e. The molecule has 0 aliphatic heterocycles. The highest BCUT2D eigenvalue weighted by Gasteiger charge is 2.30. The Hall–Kier alpha value is -3.47. The fourth-order valence-corrected chi connectivity index (χ4v) is 2.68. The fraction of sp³-hybridized carbons (Fsp3) is 0.450. The molecule has 3 unspecified atom stereocenters. The van der Waals surface area contributed by atoms with Crippen molar-refractivity contribution >= 4 is 29.7 Å². The molecule has 0 radical (unpaired) electrons. The smallest absolute Gasteiger partial charge is 0.322 e. The SMILES string of the molecule is CC(C)C(NC(=O)C(Cc1ccccc1)NC(=O)C(N)CC(=O)O)C(=O)NCC(=O)O. The molecule has 0 aromatic heterocycles. The Morgan fingerprint density at radius 2 is 1.52 bits per heavy atom. The molecule has 170 valence electrons. The second kappa shape index (κ2) is 12.3. The van der Waals surface area contributed by atoms with Gasteiger partial charge >= 0.3 is 11.9 Å². The van der Waals surface area contributed by atoms with Crippen LogP contribution in [0.3, 0.4) is 0 Å². The topological polar surface area (TPSA) is 188 Å². The minimum absolute atomic E-state index is 0.0692. The lowest BCUT2D eigenvalue weighted by atomic mass is 10.0. The van der Waals surface area contributed by atoms with Crippen LogP contribution in [0.5, 0.6) is 0 Å². The van der Waals surface area contributed by atoms with Crippen molar-refractivity contribution in [1.82, 2.24) is 16.0 Å². The summed E-state index contributed by atoms with van der Waals surface area (Å²) < 4.78 is 0. The van der Waals surface area contributed by atoms with E-state index in [2.05, 4.69) is 16.0 Å². The summed E-state index contributed by atoms with van der Waals surface area (Å²) in [7, 11) is 0. The van der Waals surface area contributed by atoms with Gasteiger partial charge in [-0.25, -0.2) is 0 Å². The quantitative estimate of drug-likeness (QED) is 0.237. The van der Waals surface area contributed by atoms with Crippen molar-refractivity contribution in [2.45, 2.75) is 44.8 Å². The second-order valence-corrected chi connectivity index (χ2v) is 7.30. The second-order valence-electron chi connectivity index (χ2n) is 7.30. The van der Waals surface area contributed by atoms with Crippen molar-refractivity contribution in [2.75, 3.05) is 6.54 Å². The Labute approximate surface area is 179 Å². The van der Waals surface area contributed by atoms with Crippen molar-refractivity contribution in [2.24, 2.45) is 11.7 Å². The molecule has 7 N–H and O–H groups in total. The first-order chi connectivity index (χ1) is 14.5. The van der Waals surface area contributed by atoms with Gasteiger partial charge in [-0.3, -0.25) is 24.0 Å². The normalized spacial score (nSPS) is 13.5. The molecule has 0 heterocycles. The highest BCUT2D eigenvalue weighted by Crippen LogP contribution is 2.07. The van der Waals surface area contributed by atoms with Crippen LogP contribution >= 0.6 is 0 Å². The predicted octanol–water partition coefficient (Wildman–Crippen LogP) is -1.14. The minimum Gasteiger partial charge on any atom is -0.481 e. The number of nitrogens with one attached hydrogen (secondary N) is 3. The van der Waals surface area contributed by atoms with Gasteiger partial charge in [-0.1, -0.05) is 44.2 Å². The van der Waals surface area contributed by atoms with Gasteiger partial charge in [0.05, 0.1) is 12.5 Å². The van der Waals surface area contributed by atoms with E-state index in [9.17, 15) is 24.0 Å². The van der Waals surface area contributed by atoms with E-state index in [-0.39, 0.29) is 12.3 Å². The molecule has 0 saturated carbocycles. The summed E-state index contributed by atoms with van der Waals surface area (Å²) in [5.74, 6) is -5.07. The molecule has 1 rings (SSSR count). The maximum absolute atomic E-state index is 12.9. The van der Waals surface area contributed by atoms with E-state index in [1.165, 1.54) is 0 Å². The van der Waals surface area contributed by atoms with Crippen LogP contribution in [0.2, 0.25) is 0 Å². The highest BCUT2D eigenvalue weighted by molar-refractivity contribution is 5.94. The van der Waals surface area contributed by atoms with Crippen molar-refractivity contribution in [3.63, 3.8) is 0 Å². The van der Waals surface area contributed by atoms with Crippen LogP contribution in [0.15, 0.2) is 30.3 Å². The molecular weight excluding hydrogens is 408 g/mol. The van der Waals surface area contributed by atoms with Crippen LogP contribution in [0.4, 0.5) is 0 Å². The first-order valence-corrected chi connectivity index (χ1v) is 9.62. The van der Waals surface area contributed by atoms with E-state index in [1.54, 1.807) is 44.2 Å². The zero-order chi connectivity index (χ0) is 23.6. The van der Waals surface area contributed by atoms with E-state index in [0.29, 0.717) is 5.56 Å². The number of hydrogen-bond donors (Lipinski definition) is 6. The molecule has 3 amide bonds. The Morgan fingerprint density at radius 3 is 2.03 bits per heavy atom. The molecule has 0 aliphatic carbocycles. The van der Waals surface area contributed by atoms with Crippen LogP contribution in [-0.2, 0) is 30.4 Å². The van der Waals surface area contributed by atoms with Gasteiger partial charge in [0.1, 0.15) is 18.6 Å². The number of aliphatic carboxylic acids is 2. The first-order valence-electron chi connectivity index (χ1n) is 9.62. The summed E-state index contributed by atoms with van der Waals surface area (Å²) >= 11 is 0. The van der Waals surface area contributed by atoms with Crippen LogP contribution in [0, 0.1) is 5.92 Å². The van der Waals surface area contributed by atoms with E-state index < -0.39 is 60.8 Å². The van der Waals surface area contributed by atoms with E-state index in [0.717, 1.165) is 0 Å². The van der Waals surface area contributed by atoms with Gasteiger partial charge in [0.15, 0.2) is 0 Å². The zero-order valence-electron chi connectivity index (χ0n) is 17.3. The van der Waals surface area contributed by atoms with Crippen molar-refractivity contribution in [3.05, 3.63) is 35.9 Å². The molecule has 31 heavy (non-hydrogen) atoms. The van der Waals surface area contributed by atoms with Gasteiger partial charge in [0, 0.05) is 6.42 Å². The van der Waals surface area contributed by atoms with Crippen molar-refractivity contribution in [3.8, 4) is 0 Å². The maximum atomic E-state index is 12.9. The molecule has 0 spiro atoms. The van der Waals surface area contributed by atoms with E-state index in [4.69, 9.17) is 15.9 Å².